The molecule has 2 aliphatic rings. The molecule has 0 radical (unpaired) electrons. The largest absolute Gasteiger partial charge is 0.480 e. The van der Waals surface area contributed by atoms with Gasteiger partial charge < -0.3 is 14.9 Å². The second-order valence-corrected chi connectivity index (χ2v) is 8.46. The number of hydrazine groups is 1. The topological polar surface area (TPSA) is 162 Å². The molecule has 1 saturated heterocycles. The number of imide groups is 1. The first kappa shape index (κ1) is 25.4. The minimum Gasteiger partial charge on any atom is -0.480 e. The minimum absolute atomic E-state index is 0.0364. The van der Waals surface area contributed by atoms with Crippen LogP contribution in [0, 0.1) is 0 Å². The molecule has 2 aromatic carbocycles. The van der Waals surface area contributed by atoms with Crippen LogP contribution in [-0.4, -0.2) is 79.5 Å². The zero-order valence-electron chi connectivity index (χ0n) is 19.5. The molecule has 1 fully saturated rings. The number of carboxylic acids is 1. The molecule has 0 bridgehead atoms. The quantitative estimate of drug-likeness (QED) is 0.399. The summed E-state index contributed by atoms with van der Waals surface area (Å²) < 4.78 is 5.23. The second-order valence-electron chi connectivity index (χ2n) is 8.46. The molecule has 4 amide bonds. The number of carbonyl (C=O) groups is 6. The Kier molecular flexibility index (Phi) is 7.18. The van der Waals surface area contributed by atoms with Crippen molar-refractivity contribution >= 4 is 35.8 Å². The molecule has 1 unspecified atom stereocenters. The van der Waals surface area contributed by atoms with Crippen LogP contribution in [0.15, 0.2) is 54.6 Å². The summed E-state index contributed by atoms with van der Waals surface area (Å²) in [6, 6.07) is 11.6. The predicted molar refractivity (Wildman–Crippen MR) is 124 cm³/mol. The normalized spacial score (nSPS) is 17.5. The van der Waals surface area contributed by atoms with Crippen molar-refractivity contribution in [1.82, 2.24) is 14.9 Å². The van der Waals surface area contributed by atoms with Crippen molar-refractivity contribution in [2.24, 2.45) is 0 Å². The zero-order chi connectivity index (χ0) is 26.7. The van der Waals surface area contributed by atoms with Crippen LogP contribution in [0.4, 0.5) is 4.79 Å². The summed E-state index contributed by atoms with van der Waals surface area (Å²) in [4.78, 5) is 76.6. The van der Waals surface area contributed by atoms with E-state index in [1.165, 1.54) is 12.1 Å². The number of ether oxygens (including phenoxy) is 1. The van der Waals surface area contributed by atoms with E-state index in [1.54, 1.807) is 42.5 Å². The monoisotopic (exact) mass is 509 g/mol. The number of benzene rings is 2. The number of nitrogens with zero attached hydrogens (tertiary/aromatic N) is 3. The van der Waals surface area contributed by atoms with Crippen LogP contribution in [-0.2, 0) is 25.7 Å². The Morgan fingerprint density at radius 2 is 1.51 bits per heavy atom. The number of amides is 4. The molecular formula is C25H23N3O9. The van der Waals surface area contributed by atoms with Crippen molar-refractivity contribution < 1.29 is 43.7 Å². The third-order valence-corrected chi connectivity index (χ3v) is 6.19. The number of esters is 1. The summed E-state index contributed by atoms with van der Waals surface area (Å²) in [5.41, 5.74) is 0.814. The Morgan fingerprint density at radius 3 is 2.08 bits per heavy atom. The summed E-state index contributed by atoms with van der Waals surface area (Å²) in [6.45, 7) is -0.308. The molecule has 2 heterocycles. The predicted octanol–water partition coefficient (Wildman–Crippen LogP) is 1.76. The Hall–Kier alpha value is -4.74. The number of carboxylic acid groups (broad SMARTS) is 2. The second kappa shape index (κ2) is 10.5. The summed E-state index contributed by atoms with van der Waals surface area (Å²) >= 11 is 0. The minimum atomic E-state index is -1.64. The molecule has 2 aliphatic heterocycles. The van der Waals surface area contributed by atoms with E-state index >= 15 is 0 Å². The first-order chi connectivity index (χ1) is 17.7. The van der Waals surface area contributed by atoms with E-state index in [2.05, 4.69) is 0 Å². The van der Waals surface area contributed by atoms with Crippen LogP contribution in [0.2, 0.25) is 0 Å². The number of carbonyl (C=O) groups excluding carboxylic acids is 4. The molecular weight excluding hydrogens is 486 g/mol. The summed E-state index contributed by atoms with van der Waals surface area (Å²) in [7, 11) is 0. The highest BCUT2D eigenvalue weighted by Gasteiger charge is 2.49. The van der Waals surface area contributed by atoms with E-state index in [1.807, 2.05) is 0 Å². The Bertz CT molecular complexity index is 1210. The fourth-order valence-corrected chi connectivity index (χ4v) is 4.40. The van der Waals surface area contributed by atoms with Gasteiger partial charge in [0.2, 0.25) is 0 Å². The first-order valence-corrected chi connectivity index (χ1v) is 11.4. The standard InChI is InChI=1S/C25H23N3O9/c29-20(37-14-15-6-2-1-3-7-15)11-10-18(27-21(30)16-8-4-5-9-17(16)22(27)31)23(32)28-19(24(33)34)12-13-26(28)25(35)36/h1-9,18-19H,10-14H2,(H,33,34)(H,35,36)/t18?,19-/m0/s1. The average Bonchev–Trinajstić information content (AvgIpc) is 3.44. The van der Waals surface area contributed by atoms with Gasteiger partial charge in [0.25, 0.3) is 17.7 Å². The Balaban J connectivity index is 1.60. The maximum absolute atomic E-state index is 13.7. The van der Waals surface area contributed by atoms with Gasteiger partial charge in [0.05, 0.1) is 11.1 Å². The van der Waals surface area contributed by atoms with E-state index < -0.39 is 60.7 Å². The van der Waals surface area contributed by atoms with E-state index in [0.717, 1.165) is 5.56 Å². The molecule has 192 valence electrons. The molecule has 0 aromatic heterocycles. The molecule has 0 aliphatic carbocycles. The smallest absolute Gasteiger partial charge is 0.426 e. The number of aliphatic carboxylic acids is 1. The maximum Gasteiger partial charge on any atom is 0.426 e. The van der Waals surface area contributed by atoms with Crippen LogP contribution >= 0.6 is 0 Å². The molecule has 2 aromatic rings. The lowest BCUT2D eigenvalue weighted by Gasteiger charge is -2.34. The average molecular weight is 509 g/mol. The lowest BCUT2D eigenvalue weighted by Crippen LogP contribution is -2.58. The van der Waals surface area contributed by atoms with Crippen molar-refractivity contribution in [1.29, 1.82) is 0 Å². The number of hydrogen-bond acceptors (Lipinski definition) is 7. The molecule has 4 rings (SSSR count). The Labute approximate surface area is 210 Å². The highest BCUT2D eigenvalue weighted by Crippen LogP contribution is 2.29. The summed E-state index contributed by atoms with van der Waals surface area (Å²) in [6.07, 6.45) is -2.54. The van der Waals surface area contributed by atoms with Crippen molar-refractivity contribution in [2.75, 3.05) is 6.54 Å². The number of fused-ring (bicyclic) bond motifs is 1. The van der Waals surface area contributed by atoms with Crippen molar-refractivity contribution in [3.05, 3.63) is 71.3 Å². The van der Waals surface area contributed by atoms with E-state index in [-0.39, 0.29) is 30.7 Å². The van der Waals surface area contributed by atoms with Crippen molar-refractivity contribution in [3.63, 3.8) is 0 Å². The van der Waals surface area contributed by atoms with Gasteiger partial charge in [-0.25, -0.2) is 19.6 Å². The van der Waals surface area contributed by atoms with Gasteiger partial charge in [-0.15, -0.1) is 0 Å². The number of rotatable bonds is 8. The van der Waals surface area contributed by atoms with Crippen LogP contribution in [0.25, 0.3) is 0 Å². The highest BCUT2D eigenvalue weighted by atomic mass is 16.5. The molecule has 0 saturated carbocycles. The highest BCUT2D eigenvalue weighted by molar-refractivity contribution is 6.23. The molecule has 37 heavy (non-hydrogen) atoms. The maximum atomic E-state index is 13.7. The van der Waals surface area contributed by atoms with Crippen molar-refractivity contribution in [3.8, 4) is 0 Å². The van der Waals surface area contributed by atoms with Gasteiger partial charge in [0.1, 0.15) is 12.6 Å². The van der Waals surface area contributed by atoms with Gasteiger partial charge in [-0.2, -0.15) is 0 Å². The Morgan fingerprint density at radius 1 is 0.919 bits per heavy atom. The van der Waals surface area contributed by atoms with E-state index in [0.29, 0.717) is 14.9 Å². The fourth-order valence-electron chi connectivity index (χ4n) is 4.40. The lowest BCUT2D eigenvalue weighted by atomic mass is 10.1. The van der Waals surface area contributed by atoms with Gasteiger partial charge in [0.15, 0.2) is 6.04 Å². The number of hydrogen-bond donors (Lipinski definition) is 2. The lowest BCUT2D eigenvalue weighted by molar-refractivity contribution is -0.160. The SMILES string of the molecule is O=C(CCC(C(=O)N1[C@H](C(=O)O)CCN1C(=O)O)N1C(=O)c2ccccc2C1=O)OCc1ccccc1. The van der Waals surface area contributed by atoms with Crippen LogP contribution in [0.1, 0.15) is 45.5 Å². The van der Waals surface area contributed by atoms with Crippen LogP contribution in [0.3, 0.4) is 0 Å². The van der Waals surface area contributed by atoms with Crippen molar-refractivity contribution in [2.45, 2.75) is 38.0 Å². The molecule has 12 heteroatoms. The molecule has 12 nitrogen and oxygen atoms in total. The fraction of sp³-hybridized carbons (Fsp3) is 0.280. The van der Waals surface area contributed by atoms with Gasteiger partial charge in [-0.1, -0.05) is 42.5 Å². The third-order valence-electron chi connectivity index (χ3n) is 6.19. The van der Waals surface area contributed by atoms with Gasteiger partial charge in [0, 0.05) is 19.4 Å². The van der Waals surface area contributed by atoms with Gasteiger partial charge in [-0.05, 0) is 24.1 Å². The van der Waals surface area contributed by atoms with Gasteiger partial charge >= 0.3 is 18.0 Å². The zero-order valence-corrected chi connectivity index (χ0v) is 19.5. The third kappa shape index (κ3) is 4.99. The van der Waals surface area contributed by atoms with Crippen LogP contribution < -0.4 is 0 Å². The van der Waals surface area contributed by atoms with E-state index in [9.17, 15) is 39.0 Å². The molecule has 2 N–H and O–H groups in total. The van der Waals surface area contributed by atoms with Crippen LogP contribution in [0.5, 0.6) is 0 Å². The molecule has 2 atom stereocenters. The summed E-state index contributed by atoms with van der Waals surface area (Å²) in [5.74, 6) is -4.86. The molecule has 0 spiro atoms. The van der Waals surface area contributed by atoms with E-state index in [4.69, 9.17) is 4.74 Å². The van der Waals surface area contributed by atoms with Gasteiger partial charge in [-0.3, -0.25) is 24.1 Å². The summed E-state index contributed by atoms with van der Waals surface area (Å²) in [5, 5.41) is 20.2. The first-order valence-electron chi connectivity index (χ1n) is 11.4.